The molecule has 0 aliphatic rings. The van der Waals surface area contributed by atoms with E-state index in [-0.39, 0.29) is 6.42 Å². The Hall–Kier alpha value is -1.29. The van der Waals surface area contributed by atoms with Crippen LogP contribution in [0.15, 0.2) is 18.2 Å². The Labute approximate surface area is 98.2 Å². The molecule has 1 aromatic rings. The fourth-order valence-electron chi connectivity index (χ4n) is 1.26. The van der Waals surface area contributed by atoms with E-state index < -0.39 is 11.8 Å². The summed E-state index contributed by atoms with van der Waals surface area (Å²) in [7, 11) is 0. The molecular weight excluding hydrogens is 233 g/mol. The van der Waals surface area contributed by atoms with E-state index in [4.69, 9.17) is 16.7 Å². The lowest BCUT2D eigenvalue weighted by molar-refractivity contribution is -0.137. The van der Waals surface area contributed by atoms with Crippen molar-refractivity contribution in [3.8, 4) is 0 Å². The van der Waals surface area contributed by atoms with E-state index in [0.717, 1.165) is 0 Å². The third-order valence-electron chi connectivity index (χ3n) is 2.06. The van der Waals surface area contributed by atoms with Crippen LogP contribution in [0.4, 0.5) is 10.1 Å². The molecule has 0 spiro atoms. The van der Waals surface area contributed by atoms with Crippen LogP contribution >= 0.6 is 11.6 Å². The summed E-state index contributed by atoms with van der Waals surface area (Å²) in [5.74, 6) is -1.21. The molecule has 88 valence electrons. The largest absolute Gasteiger partial charge is 0.481 e. The first-order chi connectivity index (χ1) is 7.59. The molecule has 1 rings (SSSR count). The number of benzene rings is 1. The van der Waals surface area contributed by atoms with Crippen LogP contribution in [0.3, 0.4) is 0 Å². The number of hydrogen-bond acceptors (Lipinski definition) is 2. The summed E-state index contributed by atoms with van der Waals surface area (Å²) in [4.78, 5) is 10.2. The van der Waals surface area contributed by atoms with Gasteiger partial charge in [0.1, 0.15) is 5.82 Å². The van der Waals surface area contributed by atoms with Crippen molar-refractivity contribution in [2.75, 3.05) is 11.9 Å². The van der Waals surface area contributed by atoms with Gasteiger partial charge in [0.2, 0.25) is 0 Å². The van der Waals surface area contributed by atoms with Gasteiger partial charge < -0.3 is 10.4 Å². The lowest BCUT2D eigenvalue weighted by Crippen LogP contribution is -2.04. The number of hydrogen-bond donors (Lipinski definition) is 2. The molecule has 0 aromatic heterocycles. The Balaban J connectivity index is 2.29. The van der Waals surface area contributed by atoms with Crippen LogP contribution in [0.5, 0.6) is 0 Å². The monoisotopic (exact) mass is 245 g/mol. The Morgan fingerprint density at radius 3 is 2.81 bits per heavy atom. The van der Waals surface area contributed by atoms with Crippen molar-refractivity contribution in [1.29, 1.82) is 0 Å². The van der Waals surface area contributed by atoms with Crippen LogP contribution < -0.4 is 5.32 Å². The highest BCUT2D eigenvalue weighted by molar-refractivity contribution is 6.30. The molecule has 0 saturated heterocycles. The van der Waals surface area contributed by atoms with Gasteiger partial charge >= 0.3 is 5.97 Å². The normalized spacial score (nSPS) is 10.1. The predicted molar refractivity (Wildman–Crippen MR) is 61.4 cm³/mol. The van der Waals surface area contributed by atoms with Crippen LogP contribution in [0.2, 0.25) is 5.02 Å². The molecule has 2 N–H and O–H groups in total. The summed E-state index contributed by atoms with van der Waals surface area (Å²) in [5, 5.41) is 11.7. The quantitative estimate of drug-likeness (QED) is 0.757. The van der Waals surface area contributed by atoms with Gasteiger partial charge in [-0.3, -0.25) is 4.79 Å². The number of anilines is 1. The average Bonchev–Trinajstić information content (AvgIpc) is 2.20. The van der Waals surface area contributed by atoms with Gasteiger partial charge in [-0.1, -0.05) is 11.6 Å². The lowest BCUT2D eigenvalue weighted by atomic mass is 10.2. The van der Waals surface area contributed by atoms with Crippen molar-refractivity contribution < 1.29 is 14.3 Å². The van der Waals surface area contributed by atoms with E-state index >= 15 is 0 Å². The van der Waals surface area contributed by atoms with Crippen molar-refractivity contribution in [3.05, 3.63) is 29.0 Å². The molecule has 1 aromatic carbocycles. The van der Waals surface area contributed by atoms with Crippen LogP contribution in [0.1, 0.15) is 19.3 Å². The second kappa shape index (κ2) is 6.33. The van der Waals surface area contributed by atoms with Crippen molar-refractivity contribution in [1.82, 2.24) is 0 Å². The SMILES string of the molecule is O=C(O)CCCCNc1ccc(Cl)cc1F. The predicted octanol–water partition coefficient (Wildman–Crippen LogP) is 3.15. The Bertz CT molecular complexity index is 371. The van der Waals surface area contributed by atoms with Gasteiger partial charge in [0.15, 0.2) is 0 Å². The van der Waals surface area contributed by atoms with E-state index in [0.29, 0.717) is 30.1 Å². The maximum absolute atomic E-state index is 13.2. The fraction of sp³-hybridized carbons (Fsp3) is 0.364. The average molecular weight is 246 g/mol. The Morgan fingerprint density at radius 1 is 1.44 bits per heavy atom. The minimum atomic E-state index is -0.808. The number of carboxylic acid groups (broad SMARTS) is 1. The molecule has 0 bridgehead atoms. The van der Waals surface area contributed by atoms with Crippen LogP contribution in [0.25, 0.3) is 0 Å². The van der Waals surface area contributed by atoms with Gasteiger partial charge in [-0.2, -0.15) is 0 Å². The summed E-state index contributed by atoms with van der Waals surface area (Å²) >= 11 is 5.60. The third-order valence-corrected chi connectivity index (χ3v) is 2.30. The highest BCUT2D eigenvalue weighted by Gasteiger charge is 2.02. The van der Waals surface area contributed by atoms with Crippen molar-refractivity contribution in [2.24, 2.45) is 0 Å². The minimum Gasteiger partial charge on any atom is -0.481 e. The zero-order chi connectivity index (χ0) is 12.0. The van der Waals surface area contributed by atoms with Gasteiger partial charge in [-0.15, -0.1) is 0 Å². The number of unbranched alkanes of at least 4 members (excludes halogenated alkanes) is 1. The molecule has 0 aliphatic carbocycles. The zero-order valence-electron chi connectivity index (χ0n) is 8.67. The van der Waals surface area contributed by atoms with Gasteiger partial charge in [0, 0.05) is 18.0 Å². The summed E-state index contributed by atoms with van der Waals surface area (Å²) < 4.78 is 13.2. The van der Waals surface area contributed by atoms with E-state index in [1.54, 1.807) is 12.1 Å². The standard InChI is InChI=1S/C11H13ClFNO2/c12-8-4-5-10(9(13)7-8)14-6-2-1-3-11(15)16/h4-5,7,14H,1-3,6H2,(H,15,16). The maximum atomic E-state index is 13.2. The second-order valence-electron chi connectivity index (χ2n) is 3.40. The zero-order valence-corrected chi connectivity index (χ0v) is 9.43. The van der Waals surface area contributed by atoms with Gasteiger partial charge in [0.25, 0.3) is 0 Å². The minimum absolute atomic E-state index is 0.144. The van der Waals surface area contributed by atoms with Crippen molar-refractivity contribution in [3.63, 3.8) is 0 Å². The van der Waals surface area contributed by atoms with Crippen LogP contribution in [0, 0.1) is 5.82 Å². The maximum Gasteiger partial charge on any atom is 0.303 e. The Kier molecular flexibility index (Phi) is 5.05. The van der Waals surface area contributed by atoms with Crippen molar-refractivity contribution >= 4 is 23.3 Å². The first kappa shape index (κ1) is 12.8. The van der Waals surface area contributed by atoms with E-state index in [2.05, 4.69) is 5.32 Å². The van der Waals surface area contributed by atoms with E-state index in [1.807, 2.05) is 0 Å². The molecule has 0 saturated carbocycles. The van der Waals surface area contributed by atoms with E-state index in [9.17, 15) is 9.18 Å². The molecule has 0 heterocycles. The van der Waals surface area contributed by atoms with Gasteiger partial charge in [-0.05, 0) is 31.0 Å². The van der Waals surface area contributed by atoms with Crippen LogP contribution in [-0.2, 0) is 4.79 Å². The lowest BCUT2D eigenvalue weighted by Gasteiger charge is -2.06. The highest BCUT2D eigenvalue weighted by atomic mass is 35.5. The molecule has 16 heavy (non-hydrogen) atoms. The molecule has 3 nitrogen and oxygen atoms in total. The topological polar surface area (TPSA) is 49.3 Å². The first-order valence-electron chi connectivity index (χ1n) is 5.00. The molecule has 5 heteroatoms. The summed E-state index contributed by atoms with van der Waals surface area (Å²) in [6.07, 6.45) is 1.41. The van der Waals surface area contributed by atoms with Gasteiger partial charge in [0.05, 0.1) is 5.69 Å². The smallest absolute Gasteiger partial charge is 0.303 e. The molecule has 0 atom stereocenters. The summed E-state index contributed by atoms with van der Waals surface area (Å²) in [6, 6.07) is 4.40. The molecule has 0 aliphatic heterocycles. The molecular formula is C11H13ClFNO2. The van der Waals surface area contributed by atoms with Gasteiger partial charge in [-0.25, -0.2) is 4.39 Å². The molecule has 0 fully saturated rings. The number of carbonyl (C=O) groups is 1. The third kappa shape index (κ3) is 4.49. The summed E-state index contributed by atoms with van der Waals surface area (Å²) in [6.45, 7) is 0.547. The molecule has 0 amide bonds. The van der Waals surface area contributed by atoms with Crippen LogP contribution in [-0.4, -0.2) is 17.6 Å². The highest BCUT2D eigenvalue weighted by Crippen LogP contribution is 2.18. The Morgan fingerprint density at radius 2 is 2.19 bits per heavy atom. The first-order valence-corrected chi connectivity index (χ1v) is 5.38. The number of carboxylic acids is 1. The second-order valence-corrected chi connectivity index (χ2v) is 3.84. The molecule has 0 radical (unpaired) electrons. The summed E-state index contributed by atoms with van der Waals surface area (Å²) in [5.41, 5.74) is 0.389. The number of halogens is 2. The fourth-order valence-corrected chi connectivity index (χ4v) is 1.42. The number of rotatable bonds is 6. The van der Waals surface area contributed by atoms with Crippen molar-refractivity contribution in [2.45, 2.75) is 19.3 Å². The molecule has 0 unspecified atom stereocenters. The number of nitrogens with one attached hydrogen (secondary N) is 1. The number of aliphatic carboxylic acids is 1. The van der Waals surface area contributed by atoms with E-state index in [1.165, 1.54) is 6.07 Å².